The molecule has 2 rings (SSSR count). The summed E-state index contributed by atoms with van der Waals surface area (Å²) in [4.78, 5) is 0. The highest BCUT2D eigenvalue weighted by Crippen LogP contribution is 2.44. The third-order valence-corrected chi connectivity index (χ3v) is 4.86. The van der Waals surface area contributed by atoms with E-state index >= 15 is 0 Å². The lowest BCUT2D eigenvalue weighted by Crippen LogP contribution is -2.37. The van der Waals surface area contributed by atoms with Gasteiger partial charge in [-0.05, 0) is 55.8 Å². The SMILES string of the molecule is CC(C)(C)C1CCC(O)(CCC2CC2)CC1. The Morgan fingerprint density at radius 2 is 1.62 bits per heavy atom. The molecule has 2 saturated carbocycles. The zero-order chi connectivity index (χ0) is 11.8. The standard InChI is InChI=1S/C15H28O/c1-14(2,3)13-7-10-15(16,11-8-13)9-6-12-4-5-12/h12-13,16H,4-11H2,1-3H3. The zero-order valence-electron chi connectivity index (χ0n) is 11.3. The Balaban J connectivity index is 1.78. The molecule has 0 aliphatic heterocycles. The summed E-state index contributed by atoms with van der Waals surface area (Å²) >= 11 is 0. The molecule has 0 radical (unpaired) electrons. The smallest absolute Gasteiger partial charge is 0.0648 e. The van der Waals surface area contributed by atoms with E-state index in [0.717, 1.165) is 31.1 Å². The van der Waals surface area contributed by atoms with Crippen molar-refractivity contribution in [3.05, 3.63) is 0 Å². The first kappa shape index (κ1) is 12.4. The lowest BCUT2D eigenvalue weighted by atomic mass is 9.67. The summed E-state index contributed by atoms with van der Waals surface area (Å²) in [5, 5.41) is 10.5. The number of hydrogen-bond donors (Lipinski definition) is 1. The van der Waals surface area contributed by atoms with Gasteiger partial charge < -0.3 is 5.11 Å². The highest BCUT2D eigenvalue weighted by Gasteiger charge is 2.38. The van der Waals surface area contributed by atoms with Crippen LogP contribution in [0.2, 0.25) is 0 Å². The minimum atomic E-state index is -0.301. The van der Waals surface area contributed by atoms with E-state index in [1.807, 2.05) is 0 Å². The Labute approximate surface area is 101 Å². The van der Waals surface area contributed by atoms with E-state index in [-0.39, 0.29) is 5.60 Å². The van der Waals surface area contributed by atoms with Crippen molar-refractivity contribution in [1.82, 2.24) is 0 Å². The molecule has 94 valence electrons. The second-order valence-corrected chi connectivity index (χ2v) is 7.35. The van der Waals surface area contributed by atoms with E-state index in [0.29, 0.717) is 5.41 Å². The molecule has 0 heterocycles. The summed E-state index contributed by atoms with van der Waals surface area (Å²) in [6, 6.07) is 0. The number of aliphatic hydroxyl groups is 1. The molecule has 0 aromatic rings. The van der Waals surface area contributed by atoms with Crippen LogP contribution in [0.4, 0.5) is 0 Å². The second-order valence-electron chi connectivity index (χ2n) is 7.35. The van der Waals surface area contributed by atoms with E-state index in [2.05, 4.69) is 20.8 Å². The molecule has 0 saturated heterocycles. The Bertz CT molecular complexity index is 226. The Morgan fingerprint density at radius 3 is 2.06 bits per heavy atom. The summed E-state index contributed by atoms with van der Waals surface area (Å²) < 4.78 is 0. The molecular weight excluding hydrogens is 196 g/mol. The van der Waals surface area contributed by atoms with Crippen LogP contribution in [0.15, 0.2) is 0 Å². The molecular formula is C15H28O. The first-order valence-corrected chi connectivity index (χ1v) is 7.11. The fourth-order valence-electron chi connectivity index (χ4n) is 3.15. The van der Waals surface area contributed by atoms with Gasteiger partial charge >= 0.3 is 0 Å². The van der Waals surface area contributed by atoms with Crippen LogP contribution in [0.3, 0.4) is 0 Å². The Kier molecular flexibility index (Phi) is 3.36. The maximum absolute atomic E-state index is 10.5. The average Bonchev–Trinajstić information content (AvgIpc) is 2.97. The molecule has 0 aromatic carbocycles. The molecule has 0 aromatic heterocycles. The summed E-state index contributed by atoms with van der Waals surface area (Å²) in [6.07, 6.45) is 9.71. The molecule has 0 spiro atoms. The normalized spacial score (nSPS) is 36.4. The van der Waals surface area contributed by atoms with Crippen LogP contribution in [0.1, 0.15) is 72.1 Å². The fourth-order valence-corrected chi connectivity index (χ4v) is 3.15. The van der Waals surface area contributed by atoms with Gasteiger partial charge in [0.2, 0.25) is 0 Å². The highest BCUT2D eigenvalue weighted by atomic mass is 16.3. The summed E-state index contributed by atoms with van der Waals surface area (Å²) in [5.74, 6) is 1.78. The molecule has 1 nitrogen and oxygen atoms in total. The predicted octanol–water partition coefficient (Wildman–Crippen LogP) is 4.14. The van der Waals surface area contributed by atoms with Crippen molar-refractivity contribution in [1.29, 1.82) is 0 Å². The van der Waals surface area contributed by atoms with E-state index in [9.17, 15) is 5.11 Å². The van der Waals surface area contributed by atoms with Gasteiger partial charge in [0.15, 0.2) is 0 Å². The molecule has 0 atom stereocenters. The molecule has 0 bridgehead atoms. The molecule has 2 aliphatic carbocycles. The van der Waals surface area contributed by atoms with Crippen LogP contribution in [0.25, 0.3) is 0 Å². The maximum atomic E-state index is 10.5. The zero-order valence-corrected chi connectivity index (χ0v) is 11.3. The number of rotatable bonds is 3. The van der Waals surface area contributed by atoms with Crippen molar-refractivity contribution >= 4 is 0 Å². The maximum Gasteiger partial charge on any atom is 0.0648 e. The van der Waals surface area contributed by atoms with E-state index in [4.69, 9.17) is 0 Å². The largest absolute Gasteiger partial charge is 0.390 e. The van der Waals surface area contributed by atoms with Gasteiger partial charge in [-0.3, -0.25) is 0 Å². The molecule has 0 amide bonds. The summed E-state index contributed by atoms with van der Waals surface area (Å²) in [7, 11) is 0. The molecule has 0 unspecified atom stereocenters. The highest BCUT2D eigenvalue weighted by molar-refractivity contribution is 4.90. The fraction of sp³-hybridized carbons (Fsp3) is 1.00. The van der Waals surface area contributed by atoms with E-state index in [1.54, 1.807) is 0 Å². The van der Waals surface area contributed by atoms with Gasteiger partial charge in [-0.25, -0.2) is 0 Å². The van der Waals surface area contributed by atoms with Gasteiger partial charge in [0.1, 0.15) is 0 Å². The van der Waals surface area contributed by atoms with E-state index < -0.39 is 0 Å². The minimum absolute atomic E-state index is 0.301. The molecule has 16 heavy (non-hydrogen) atoms. The lowest BCUT2D eigenvalue weighted by molar-refractivity contribution is -0.0334. The van der Waals surface area contributed by atoms with Crippen LogP contribution >= 0.6 is 0 Å². The average molecular weight is 224 g/mol. The van der Waals surface area contributed by atoms with Gasteiger partial charge in [-0.1, -0.05) is 33.6 Å². The molecule has 1 heteroatoms. The number of hydrogen-bond acceptors (Lipinski definition) is 1. The van der Waals surface area contributed by atoms with Gasteiger partial charge in [0, 0.05) is 0 Å². The lowest BCUT2D eigenvalue weighted by Gasteiger charge is -2.41. The van der Waals surface area contributed by atoms with Crippen LogP contribution in [-0.4, -0.2) is 10.7 Å². The Hall–Kier alpha value is -0.0400. The first-order chi connectivity index (χ1) is 7.39. The first-order valence-electron chi connectivity index (χ1n) is 7.11. The summed E-state index contributed by atoms with van der Waals surface area (Å²) in [5.41, 5.74) is 0.127. The third kappa shape index (κ3) is 3.23. The third-order valence-electron chi connectivity index (χ3n) is 4.86. The topological polar surface area (TPSA) is 20.2 Å². The predicted molar refractivity (Wildman–Crippen MR) is 68.3 cm³/mol. The van der Waals surface area contributed by atoms with Crippen LogP contribution in [0, 0.1) is 17.3 Å². The van der Waals surface area contributed by atoms with Crippen molar-refractivity contribution < 1.29 is 5.11 Å². The van der Waals surface area contributed by atoms with Gasteiger partial charge in [-0.2, -0.15) is 0 Å². The van der Waals surface area contributed by atoms with Crippen molar-refractivity contribution in [2.24, 2.45) is 17.3 Å². The monoisotopic (exact) mass is 224 g/mol. The van der Waals surface area contributed by atoms with Gasteiger partial charge in [-0.15, -0.1) is 0 Å². The molecule has 2 fully saturated rings. The van der Waals surface area contributed by atoms with E-state index in [1.165, 1.54) is 32.1 Å². The van der Waals surface area contributed by atoms with Crippen LogP contribution < -0.4 is 0 Å². The summed E-state index contributed by atoms with van der Waals surface area (Å²) in [6.45, 7) is 7.02. The molecule has 2 aliphatic rings. The molecule has 1 N–H and O–H groups in total. The Morgan fingerprint density at radius 1 is 1.06 bits per heavy atom. The second kappa shape index (κ2) is 4.33. The van der Waals surface area contributed by atoms with Gasteiger partial charge in [0.05, 0.1) is 5.60 Å². The van der Waals surface area contributed by atoms with Crippen molar-refractivity contribution in [2.45, 2.75) is 77.7 Å². The van der Waals surface area contributed by atoms with Gasteiger partial charge in [0.25, 0.3) is 0 Å². The van der Waals surface area contributed by atoms with Crippen molar-refractivity contribution in [3.8, 4) is 0 Å². The van der Waals surface area contributed by atoms with Crippen molar-refractivity contribution in [3.63, 3.8) is 0 Å². The van der Waals surface area contributed by atoms with Crippen LogP contribution in [0.5, 0.6) is 0 Å². The van der Waals surface area contributed by atoms with Crippen LogP contribution in [-0.2, 0) is 0 Å². The quantitative estimate of drug-likeness (QED) is 0.763. The van der Waals surface area contributed by atoms with Crippen molar-refractivity contribution in [2.75, 3.05) is 0 Å². The minimum Gasteiger partial charge on any atom is -0.390 e.